The van der Waals surface area contributed by atoms with Gasteiger partial charge in [-0.25, -0.2) is 9.59 Å². The Morgan fingerprint density at radius 3 is 2.50 bits per heavy atom. The first-order valence-corrected chi connectivity index (χ1v) is 14.1. The number of ether oxygens (including phenoxy) is 2. The molecule has 0 aliphatic heterocycles. The third-order valence-corrected chi connectivity index (χ3v) is 7.19. The summed E-state index contributed by atoms with van der Waals surface area (Å²) in [5.74, 6) is 0.576. The maximum Gasteiger partial charge on any atom is 0.333 e. The number of rotatable bonds is 15. The van der Waals surface area contributed by atoms with Crippen LogP contribution in [0.2, 0.25) is 0 Å². The van der Waals surface area contributed by atoms with Crippen LogP contribution < -0.4 is 10.1 Å². The van der Waals surface area contributed by atoms with Crippen molar-refractivity contribution >= 4 is 17.7 Å². The van der Waals surface area contributed by atoms with Crippen LogP contribution in [0, 0.1) is 12.8 Å². The summed E-state index contributed by atoms with van der Waals surface area (Å²) in [5, 5.41) is 12.3. The lowest BCUT2D eigenvalue weighted by molar-refractivity contribution is -0.149. The molecule has 1 aliphatic carbocycles. The number of carbonyl (C=O) groups is 2. The Morgan fingerprint density at radius 2 is 1.82 bits per heavy atom. The molecule has 0 bridgehead atoms. The number of aliphatic carboxylic acids is 1. The standard InChI is InChI=1S/C31H44N2O5/c1-3-37-29(30(34)35)23-26-15-17-28(18-16-26)38-21-20-33(19-8-7-13-25-11-5-4-6-12-25)31(36)32-27-14-9-10-24(2)22-27/h9-10,14-18,22,25,29H,3-8,11-13,19-21,23H2,1-2H3,(H,32,36)(H,34,35). The van der Waals surface area contributed by atoms with Crippen LogP contribution in [0.25, 0.3) is 0 Å². The molecule has 0 spiro atoms. The van der Waals surface area contributed by atoms with Gasteiger partial charge in [0.05, 0.1) is 6.54 Å². The summed E-state index contributed by atoms with van der Waals surface area (Å²) in [7, 11) is 0. The second kappa shape index (κ2) is 16.0. The zero-order valence-corrected chi connectivity index (χ0v) is 23.0. The van der Waals surface area contributed by atoms with E-state index in [0.717, 1.165) is 35.6 Å². The highest BCUT2D eigenvalue weighted by molar-refractivity contribution is 5.89. The van der Waals surface area contributed by atoms with E-state index in [2.05, 4.69) is 5.32 Å². The summed E-state index contributed by atoms with van der Waals surface area (Å²) < 4.78 is 11.2. The van der Waals surface area contributed by atoms with E-state index in [9.17, 15) is 14.7 Å². The van der Waals surface area contributed by atoms with Crippen LogP contribution in [0.4, 0.5) is 10.5 Å². The van der Waals surface area contributed by atoms with Gasteiger partial charge in [-0.15, -0.1) is 0 Å². The van der Waals surface area contributed by atoms with E-state index in [4.69, 9.17) is 9.47 Å². The minimum absolute atomic E-state index is 0.108. The molecule has 1 aliphatic rings. The Hall–Kier alpha value is -3.06. The number of nitrogens with zero attached hydrogens (tertiary/aromatic N) is 1. The third kappa shape index (κ3) is 10.4. The predicted octanol–water partition coefficient (Wildman–Crippen LogP) is 6.69. The van der Waals surface area contributed by atoms with Gasteiger partial charge in [0.15, 0.2) is 6.10 Å². The van der Waals surface area contributed by atoms with E-state index >= 15 is 0 Å². The summed E-state index contributed by atoms with van der Waals surface area (Å²) in [6, 6.07) is 15.1. The molecule has 7 nitrogen and oxygen atoms in total. The van der Waals surface area contributed by atoms with Gasteiger partial charge in [-0.3, -0.25) is 0 Å². The van der Waals surface area contributed by atoms with Gasteiger partial charge in [-0.2, -0.15) is 0 Å². The minimum Gasteiger partial charge on any atom is -0.492 e. The molecule has 0 aromatic heterocycles. The van der Waals surface area contributed by atoms with Crippen LogP contribution in [0.1, 0.15) is 69.4 Å². The van der Waals surface area contributed by atoms with Crippen molar-refractivity contribution in [1.82, 2.24) is 4.90 Å². The van der Waals surface area contributed by atoms with E-state index in [1.807, 2.05) is 60.4 Å². The largest absolute Gasteiger partial charge is 0.492 e. The van der Waals surface area contributed by atoms with Crippen molar-refractivity contribution in [3.8, 4) is 5.75 Å². The number of unbranched alkanes of at least 4 members (excludes halogenated alkanes) is 1. The van der Waals surface area contributed by atoms with Crippen molar-refractivity contribution in [2.24, 2.45) is 5.92 Å². The molecular weight excluding hydrogens is 480 g/mol. The minimum atomic E-state index is -0.963. The average molecular weight is 525 g/mol. The van der Waals surface area contributed by atoms with Crippen LogP contribution in [-0.4, -0.2) is 54.4 Å². The first kappa shape index (κ1) is 29.5. The molecule has 3 rings (SSSR count). The summed E-state index contributed by atoms with van der Waals surface area (Å²) >= 11 is 0. The van der Waals surface area contributed by atoms with E-state index < -0.39 is 12.1 Å². The molecule has 7 heteroatoms. The molecule has 0 radical (unpaired) electrons. The molecule has 208 valence electrons. The van der Waals surface area contributed by atoms with Crippen molar-refractivity contribution in [2.45, 2.75) is 77.7 Å². The molecule has 1 atom stereocenters. The number of carbonyl (C=O) groups excluding carboxylic acids is 1. The lowest BCUT2D eigenvalue weighted by atomic mass is 9.86. The highest BCUT2D eigenvalue weighted by Gasteiger charge is 2.18. The van der Waals surface area contributed by atoms with Gasteiger partial charge in [0.25, 0.3) is 0 Å². The molecular formula is C31H44N2O5. The molecule has 2 aromatic rings. The van der Waals surface area contributed by atoms with Crippen LogP contribution in [0.3, 0.4) is 0 Å². The highest BCUT2D eigenvalue weighted by Crippen LogP contribution is 2.27. The number of carboxylic acids is 1. The van der Waals surface area contributed by atoms with Crippen LogP contribution >= 0.6 is 0 Å². The summed E-state index contributed by atoms with van der Waals surface area (Å²) in [6.07, 6.45) is 9.63. The van der Waals surface area contributed by atoms with Gasteiger partial charge in [-0.1, -0.05) is 69.2 Å². The van der Waals surface area contributed by atoms with Crippen molar-refractivity contribution < 1.29 is 24.2 Å². The van der Waals surface area contributed by atoms with Gasteiger partial charge in [0.1, 0.15) is 12.4 Å². The third-order valence-electron chi connectivity index (χ3n) is 7.19. The smallest absolute Gasteiger partial charge is 0.333 e. The molecule has 1 fully saturated rings. The maximum absolute atomic E-state index is 13.1. The quantitative estimate of drug-likeness (QED) is 0.253. The molecule has 0 heterocycles. The SMILES string of the molecule is CCOC(Cc1ccc(OCCN(CCCCC2CCCCC2)C(=O)Nc2cccc(C)c2)cc1)C(=O)O. The highest BCUT2D eigenvalue weighted by atomic mass is 16.5. The van der Waals surface area contributed by atoms with Gasteiger partial charge in [0, 0.05) is 25.3 Å². The van der Waals surface area contributed by atoms with Gasteiger partial charge in [0.2, 0.25) is 0 Å². The number of nitrogens with one attached hydrogen (secondary N) is 1. The number of amides is 2. The molecule has 2 aromatic carbocycles. The van der Waals surface area contributed by atoms with Crippen molar-refractivity contribution in [3.63, 3.8) is 0 Å². The number of carboxylic acid groups (broad SMARTS) is 1. The lowest BCUT2D eigenvalue weighted by Crippen LogP contribution is -2.38. The normalized spacial score (nSPS) is 14.6. The summed E-state index contributed by atoms with van der Waals surface area (Å²) in [4.78, 5) is 26.3. The first-order chi connectivity index (χ1) is 18.4. The fraction of sp³-hybridized carbons (Fsp3) is 0.548. The molecule has 1 unspecified atom stereocenters. The molecule has 2 N–H and O–H groups in total. The zero-order valence-electron chi connectivity index (χ0n) is 23.0. The topological polar surface area (TPSA) is 88.1 Å². The Balaban J connectivity index is 1.51. The van der Waals surface area contributed by atoms with E-state index in [1.54, 1.807) is 6.92 Å². The number of hydrogen-bond acceptors (Lipinski definition) is 4. The van der Waals surface area contributed by atoms with Crippen molar-refractivity contribution in [3.05, 3.63) is 59.7 Å². The van der Waals surface area contributed by atoms with Crippen LogP contribution in [0.15, 0.2) is 48.5 Å². The fourth-order valence-corrected chi connectivity index (χ4v) is 5.08. The number of urea groups is 1. The monoisotopic (exact) mass is 524 g/mol. The van der Waals surface area contributed by atoms with E-state index in [0.29, 0.717) is 38.5 Å². The lowest BCUT2D eigenvalue weighted by Gasteiger charge is -2.25. The van der Waals surface area contributed by atoms with Crippen molar-refractivity contribution in [1.29, 1.82) is 0 Å². The Morgan fingerprint density at radius 1 is 1.05 bits per heavy atom. The second-order valence-electron chi connectivity index (χ2n) is 10.3. The summed E-state index contributed by atoms with van der Waals surface area (Å²) in [6.45, 7) is 5.70. The van der Waals surface area contributed by atoms with E-state index in [1.165, 1.54) is 38.5 Å². The summed E-state index contributed by atoms with van der Waals surface area (Å²) in [5.41, 5.74) is 2.77. The average Bonchev–Trinajstić information content (AvgIpc) is 2.91. The molecule has 2 amide bonds. The first-order valence-electron chi connectivity index (χ1n) is 14.1. The van der Waals surface area contributed by atoms with Crippen molar-refractivity contribution in [2.75, 3.05) is 31.6 Å². The number of anilines is 1. The zero-order chi connectivity index (χ0) is 27.2. The number of aryl methyl sites for hydroxylation is 1. The predicted molar refractivity (Wildman–Crippen MR) is 151 cm³/mol. The molecule has 1 saturated carbocycles. The van der Waals surface area contributed by atoms with E-state index in [-0.39, 0.29) is 6.03 Å². The molecule has 0 saturated heterocycles. The van der Waals surface area contributed by atoms with Gasteiger partial charge in [-0.05, 0) is 61.6 Å². The Bertz CT molecular complexity index is 988. The Kier molecular flexibility index (Phi) is 12.4. The number of hydrogen-bond donors (Lipinski definition) is 2. The maximum atomic E-state index is 13.1. The second-order valence-corrected chi connectivity index (χ2v) is 10.3. The van der Waals surface area contributed by atoms with Crippen LogP contribution in [-0.2, 0) is 16.0 Å². The van der Waals surface area contributed by atoms with Crippen LogP contribution in [0.5, 0.6) is 5.75 Å². The van der Waals surface area contributed by atoms with Gasteiger partial charge >= 0.3 is 12.0 Å². The molecule has 38 heavy (non-hydrogen) atoms. The Labute approximate surface area is 227 Å². The fourth-order valence-electron chi connectivity index (χ4n) is 5.08. The van der Waals surface area contributed by atoms with Gasteiger partial charge < -0.3 is 24.8 Å². The number of benzene rings is 2.